The summed E-state index contributed by atoms with van der Waals surface area (Å²) in [5.41, 5.74) is 1.82. The maximum Gasteiger partial charge on any atom is 0.187 e. The monoisotopic (exact) mass is 328 g/mol. The summed E-state index contributed by atoms with van der Waals surface area (Å²) in [4.78, 5) is 12.8. The van der Waals surface area contributed by atoms with Crippen LogP contribution in [0.4, 0.5) is 10.2 Å². The van der Waals surface area contributed by atoms with E-state index in [0.29, 0.717) is 24.0 Å². The Bertz CT molecular complexity index is 662. The number of nitrogens with zero attached hydrogens (tertiary/aromatic N) is 4. The Morgan fingerprint density at radius 1 is 1.12 bits per heavy atom. The maximum absolute atomic E-state index is 14.6. The fraction of sp³-hybridized carbons (Fsp3) is 0.474. The van der Waals surface area contributed by atoms with E-state index < -0.39 is 0 Å². The first kappa shape index (κ1) is 16.8. The molecule has 1 aromatic heterocycles. The summed E-state index contributed by atoms with van der Waals surface area (Å²) in [7, 11) is 0. The number of anilines is 1. The van der Waals surface area contributed by atoms with Crippen molar-refractivity contribution in [3.8, 4) is 0 Å². The Kier molecular flexibility index (Phi) is 5.41. The van der Waals surface area contributed by atoms with Gasteiger partial charge in [0.2, 0.25) is 0 Å². The van der Waals surface area contributed by atoms with Crippen molar-refractivity contribution in [2.24, 2.45) is 0 Å². The highest BCUT2D eigenvalue weighted by atomic mass is 19.1. The first-order valence-corrected chi connectivity index (χ1v) is 8.75. The molecule has 2 aromatic rings. The standard InChI is InChI=1S/C19H25FN4/c1-3-16-13-24(19-18(20)17(4-2)21-14-22-19)11-10-23(16)12-15-8-6-5-7-9-15/h5-9,14,16H,3-4,10-13H2,1-2H3. The number of rotatable bonds is 5. The molecule has 128 valence electrons. The molecule has 1 fully saturated rings. The lowest BCUT2D eigenvalue weighted by atomic mass is 10.1. The number of aryl methyl sites for hydroxylation is 1. The van der Waals surface area contributed by atoms with Crippen LogP contribution in [0.3, 0.4) is 0 Å². The van der Waals surface area contributed by atoms with Gasteiger partial charge in [0.15, 0.2) is 11.6 Å². The number of benzene rings is 1. The molecule has 0 bridgehead atoms. The number of aromatic nitrogens is 2. The van der Waals surface area contributed by atoms with Crippen LogP contribution in [0.15, 0.2) is 36.7 Å². The molecular weight excluding hydrogens is 303 g/mol. The predicted octanol–water partition coefficient (Wildman–Crippen LogP) is 3.28. The average molecular weight is 328 g/mol. The van der Waals surface area contributed by atoms with Crippen LogP contribution >= 0.6 is 0 Å². The van der Waals surface area contributed by atoms with Gasteiger partial charge in [0.1, 0.15) is 6.33 Å². The van der Waals surface area contributed by atoms with Gasteiger partial charge < -0.3 is 4.90 Å². The van der Waals surface area contributed by atoms with E-state index in [1.54, 1.807) is 0 Å². The van der Waals surface area contributed by atoms with Crippen molar-refractivity contribution in [2.45, 2.75) is 39.3 Å². The SMILES string of the molecule is CCc1ncnc(N2CCN(Cc3ccccc3)C(CC)C2)c1F. The van der Waals surface area contributed by atoms with Gasteiger partial charge in [0, 0.05) is 32.2 Å². The van der Waals surface area contributed by atoms with E-state index in [1.165, 1.54) is 11.9 Å². The third-order valence-electron chi connectivity index (χ3n) is 4.78. The first-order valence-electron chi connectivity index (χ1n) is 8.75. The summed E-state index contributed by atoms with van der Waals surface area (Å²) in [5.74, 6) is 0.200. The molecule has 1 saturated heterocycles. The molecule has 1 aliphatic heterocycles. The third-order valence-corrected chi connectivity index (χ3v) is 4.78. The summed E-state index contributed by atoms with van der Waals surface area (Å²) in [6.45, 7) is 7.57. The molecule has 2 heterocycles. The molecule has 24 heavy (non-hydrogen) atoms. The van der Waals surface area contributed by atoms with Crippen molar-refractivity contribution in [3.05, 3.63) is 53.7 Å². The second-order valence-electron chi connectivity index (χ2n) is 6.28. The largest absolute Gasteiger partial charge is 0.351 e. The summed E-state index contributed by atoms with van der Waals surface area (Å²) in [6.07, 6.45) is 3.11. The molecule has 0 spiro atoms. The van der Waals surface area contributed by atoms with E-state index in [4.69, 9.17) is 0 Å². The van der Waals surface area contributed by atoms with Crippen molar-refractivity contribution >= 4 is 5.82 Å². The first-order chi connectivity index (χ1) is 11.7. The van der Waals surface area contributed by atoms with Crippen molar-refractivity contribution in [2.75, 3.05) is 24.5 Å². The lowest BCUT2D eigenvalue weighted by Gasteiger charge is -2.41. The summed E-state index contributed by atoms with van der Waals surface area (Å²) >= 11 is 0. The minimum Gasteiger partial charge on any atom is -0.351 e. The van der Waals surface area contributed by atoms with E-state index in [9.17, 15) is 4.39 Å². The second kappa shape index (κ2) is 7.71. The van der Waals surface area contributed by atoms with E-state index >= 15 is 0 Å². The number of hydrogen-bond acceptors (Lipinski definition) is 4. The van der Waals surface area contributed by atoms with E-state index in [-0.39, 0.29) is 5.82 Å². The van der Waals surface area contributed by atoms with Gasteiger partial charge in [0.25, 0.3) is 0 Å². The molecule has 1 aliphatic rings. The molecule has 1 atom stereocenters. The fourth-order valence-electron chi connectivity index (χ4n) is 3.36. The summed E-state index contributed by atoms with van der Waals surface area (Å²) < 4.78 is 14.6. The fourth-order valence-corrected chi connectivity index (χ4v) is 3.36. The van der Waals surface area contributed by atoms with Crippen molar-refractivity contribution in [1.82, 2.24) is 14.9 Å². The van der Waals surface area contributed by atoms with Gasteiger partial charge >= 0.3 is 0 Å². The molecule has 0 N–H and O–H groups in total. The summed E-state index contributed by atoms with van der Waals surface area (Å²) in [5, 5.41) is 0. The lowest BCUT2D eigenvalue weighted by molar-refractivity contribution is 0.163. The topological polar surface area (TPSA) is 32.3 Å². The highest BCUT2D eigenvalue weighted by Crippen LogP contribution is 2.23. The van der Waals surface area contributed by atoms with Gasteiger partial charge in [-0.2, -0.15) is 0 Å². The smallest absolute Gasteiger partial charge is 0.187 e. The van der Waals surface area contributed by atoms with Gasteiger partial charge in [0.05, 0.1) is 5.69 Å². The van der Waals surface area contributed by atoms with Gasteiger partial charge in [-0.3, -0.25) is 4.90 Å². The van der Waals surface area contributed by atoms with Crippen LogP contribution in [0.2, 0.25) is 0 Å². The molecule has 0 saturated carbocycles. The lowest BCUT2D eigenvalue weighted by Crippen LogP contribution is -2.53. The van der Waals surface area contributed by atoms with E-state index in [0.717, 1.165) is 32.6 Å². The highest BCUT2D eigenvalue weighted by molar-refractivity contribution is 5.42. The van der Waals surface area contributed by atoms with Crippen molar-refractivity contribution < 1.29 is 4.39 Å². The zero-order chi connectivity index (χ0) is 16.9. The Hall–Kier alpha value is -2.01. The molecular formula is C19H25FN4. The molecule has 4 nitrogen and oxygen atoms in total. The van der Waals surface area contributed by atoms with Crippen molar-refractivity contribution in [1.29, 1.82) is 0 Å². The quantitative estimate of drug-likeness (QED) is 0.843. The number of halogens is 1. The normalized spacial score (nSPS) is 18.8. The van der Waals surface area contributed by atoms with Crippen LogP contribution in [0, 0.1) is 5.82 Å². The molecule has 1 aromatic carbocycles. The van der Waals surface area contributed by atoms with Crippen LogP contribution in [0.5, 0.6) is 0 Å². The predicted molar refractivity (Wildman–Crippen MR) is 94.5 cm³/mol. The maximum atomic E-state index is 14.6. The van der Waals surface area contributed by atoms with Crippen LogP contribution < -0.4 is 4.90 Å². The van der Waals surface area contributed by atoms with Crippen LogP contribution in [0.25, 0.3) is 0 Å². The van der Waals surface area contributed by atoms with E-state index in [1.807, 2.05) is 13.0 Å². The molecule has 5 heteroatoms. The molecule has 0 radical (unpaired) electrons. The molecule has 0 amide bonds. The van der Waals surface area contributed by atoms with Crippen molar-refractivity contribution in [3.63, 3.8) is 0 Å². The highest BCUT2D eigenvalue weighted by Gasteiger charge is 2.28. The van der Waals surface area contributed by atoms with Crippen LogP contribution in [-0.2, 0) is 13.0 Å². The van der Waals surface area contributed by atoms with Gasteiger partial charge in [-0.25, -0.2) is 14.4 Å². The second-order valence-corrected chi connectivity index (χ2v) is 6.28. The zero-order valence-electron chi connectivity index (χ0n) is 14.5. The molecule has 1 unspecified atom stereocenters. The van der Waals surface area contributed by atoms with E-state index in [2.05, 4.69) is 51.0 Å². The van der Waals surface area contributed by atoms with Crippen LogP contribution in [0.1, 0.15) is 31.5 Å². The summed E-state index contributed by atoms with van der Waals surface area (Å²) in [6, 6.07) is 10.9. The van der Waals surface area contributed by atoms with Gasteiger partial charge in [-0.05, 0) is 18.4 Å². The average Bonchev–Trinajstić information content (AvgIpc) is 2.63. The minimum atomic E-state index is -0.258. The zero-order valence-corrected chi connectivity index (χ0v) is 14.5. The molecule has 3 rings (SSSR count). The number of piperazine rings is 1. The number of hydrogen-bond donors (Lipinski definition) is 0. The van der Waals surface area contributed by atoms with Gasteiger partial charge in [-0.1, -0.05) is 44.2 Å². The minimum absolute atomic E-state index is 0.258. The van der Waals surface area contributed by atoms with Gasteiger partial charge in [-0.15, -0.1) is 0 Å². The van der Waals surface area contributed by atoms with Crippen LogP contribution in [-0.4, -0.2) is 40.5 Å². The Labute approximate surface area is 143 Å². The third kappa shape index (κ3) is 3.56. The Morgan fingerprint density at radius 3 is 2.62 bits per heavy atom. The Morgan fingerprint density at radius 2 is 1.92 bits per heavy atom. The Balaban J connectivity index is 1.73. The molecule has 0 aliphatic carbocycles.